The van der Waals surface area contributed by atoms with Crippen LogP contribution in [0.5, 0.6) is 40.2 Å². The number of carbonyl (C=O) groups excluding carboxylic acids is 4. The zero-order valence-electron chi connectivity index (χ0n) is 69.9. The zero-order chi connectivity index (χ0) is 89.0. The number of pyridine rings is 4. The molecule has 35 heteroatoms. The summed E-state index contributed by atoms with van der Waals surface area (Å²) in [5.74, 6) is -0.858. The smallest absolute Gasteiger partial charge is 0.508 e. The van der Waals surface area contributed by atoms with Gasteiger partial charge in [-0.25, -0.2) is 58.1 Å². The first-order valence-electron chi connectivity index (χ1n) is 41.2. The van der Waals surface area contributed by atoms with Crippen LogP contribution in [0.3, 0.4) is 0 Å². The molecule has 19 rings (SSSR count). The Kier molecular flexibility index (Phi) is 22.6. The minimum atomic E-state index is -1.92. The first-order chi connectivity index (χ1) is 60.4. The fourth-order valence-electron chi connectivity index (χ4n) is 17.6. The van der Waals surface area contributed by atoms with Crippen molar-refractivity contribution in [2.24, 2.45) is 0 Å². The number of carbonyl (C=O) groups is 4. The maximum absolute atomic E-state index is 13.7. The monoisotopic (exact) mass is 1740 g/mol. The summed E-state index contributed by atoms with van der Waals surface area (Å²) in [7, 11) is 0. The van der Waals surface area contributed by atoms with E-state index in [0.29, 0.717) is 99.3 Å². The van der Waals surface area contributed by atoms with Gasteiger partial charge < -0.3 is 73.7 Å². The lowest BCUT2D eigenvalue weighted by molar-refractivity contribution is -0.384. The van der Waals surface area contributed by atoms with Gasteiger partial charge in [0.2, 0.25) is 0 Å². The number of phenols is 4. The minimum absolute atomic E-state index is 0. The van der Waals surface area contributed by atoms with Crippen LogP contribution in [0.4, 0.5) is 15.3 Å². The zero-order valence-corrected chi connectivity index (χ0v) is 70.8. The number of esters is 2. The molecule has 2 unspecified atom stereocenters. The fraction of sp³-hybridized carbons (Fsp3) is 0.283. The second-order valence-corrected chi connectivity index (χ2v) is 32.2. The first kappa shape index (κ1) is 85.9. The number of aromatic nitrogens is 10. The third-order valence-corrected chi connectivity index (χ3v) is 24.3. The number of non-ortho nitro benzene ring substituents is 1. The van der Waals surface area contributed by atoms with E-state index in [0.717, 1.165) is 69.2 Å². The summed E-state index contributed by atoms with van der Waals surface area (Å²) in [5.41, 5.74) is 9.73. The highest BCUT2D eigenvalue weighted by molar-refractivity contribution is 5.93. The van der Waals surface area contributed by atoms with Crippen molar-refractivity contribution < 1.29 is 78.4 Å². The Hall–Kier alpha value is -14.6. The SMILES string of the molecule is CC(C)c1cc(-c2n[nH]c(=O)n2-c2ccc3c(c2)CNCC3)c(O)cc1O.CCc1c2c(nc3ccc(OC(=O)N4CCc5ccc(-n6c(-c7cc(C(C)C)c(O)cc7O)n[nH]c6=O)cc5C4)cc13)-c1cc3c(c(=O)n1C2)COC(=O)C3(O)CC.CCc1c2c(nc3ccc(OC(=O)Oc4ccc([N+](=O)[O-])cc4)cc13)-c1cc3c(c(=O)n1C2)COC(=O)C3(O)CC.Cl. The Morgan fingerprint density at radius 3 is 1.46 bits per heavy atom. The number of aromatic hydroxyl groups is 4. The van der Waals surface area contributed by atoms with Crippen molar-refractivity contribution in [1.82, 2.24) is 58.8 Å². The summed E-state index contributed by atoms with van der Waals surface area (Å²) in [6.07, 6.45) is 1.23. The number of phenolic OH excluding ortho intramolecular Hbond substituents is 4. The third-order valence-electron chi connectivity index (χ3n) is 24.3. The van der Waals surface area contributed by atoms with E-state index in [2.05, 4.69) is 25.7 Å². The Labute approximate surface area is 727 Å². The van der Waals surface area contributed by atoms with Gasteiger partial charge in [-0.1, -0.05) is 67.5 Å². The van der Waals surface area contributed by atoms with Crippen LogP contribution in [0.25, 0.3) is 78.7 Å². The number of aromatic amines is 2. The van der Waals surface area contributed by atoms with Gasteiger partial charge in [0.25, 0.3) is 16.8 Å². The largest absolute Gasteiger partial charge is 0.519 e. The van der Waals surface area contributed by atoms with Gasteiger partial charge in [-0.15, -0.1) is 12.4 Å². The number of ether oxygens (including phenoxy) is 5. The van der Waals surface area contributed by atoms with E-state index >= 15 is 0 Å². The van der Waals surface area contributed by atoms with Gasteiger partial charge in [-0.2, -0.15) is 10.2 Å². The molecule has 0 aliphatic carbocycles. The standard InChI is InChI=1S/C43H40N6O9.C29H23N3O9.C20H22N4O3.ClH/c1-5-26-28-14-25(9-10-33(28)44-37-30(26)19-48-34(37)16-32-31(39(48)52)20-57-40(53)43(32,56)6-2)58-42(55)47-12-11-22-7-8-24(13-23(22)18-47)49-38(45-46-41(49)54)29-15-27(21(3)4)35(50)17-36(29)51;1-3-18-19-11-17(41-28(35)40-16-7-5-15(6-8-16)32(37)38)9-10-23(19)30-25-20(18)13-31-24(25)12-22-21(26(31)33)14-39-27(34)29(22,36)4-2;1-11(2)15-8-16(18(26)9-17(15)25)19-22-23-20(27)24(19)14-4-3-12-5-6-21-10-13(12)7-14;/h7-10,13-17,21,50-51,56H,5-6,11-12,18-20H2,1-4H3,(H,46,54);5-12,36H,3-4,13-14H2,1-2H3;3-4,7-9,11,21,25-26H,5-6,10H2,1-2H3,(H,23,27);1H. The summed E-state index contributed by atoms with van der Waals surface area (Å²) >= 11 is 0. The van der Waals surface area contributed by atoms with Gasteiger partial charge in [-0.3, -0.25) is 19.7 Å². The van der Waals surface area contributed by atoms with Gasteiger partial charge in [-0.05, 0) is 198 Å². The van der Waals surface area contributed by atoms with Crippen LogP contribution in [0.2, 0.25) is 0 Å². The minimum Gasteiger partial charge on any atom is -0.508 e. The topological polar surface area (TPSA) is 465 Å². The molecule has 0 spiro atoms. The molecule has 7 aromatic carbocycles. The molecule has 1 amide bonds. The number of nitrogens with one attached hydrogen (secondary N) is 3. The van der Waals surface area contributed by atoms with E-state index in [9.17, 15) is 79.1 Å². The molecule has 9 N–H and O–H groups in total. The third kappa shape index (κ3) is 15.1. The molecular formula is C92H86ClN13O21. The van der Waals surface area contributed by atoms with E-state index < -0.39 is 46.0 Å². The highest BCUT2D eigenvalue weighted by atomic mass is 35.5. The fourth-order valence-corrected chi connectivity index (χ4v) is 17.6. The van der Waals surface area contributed by atoms with E-state index in [4.69, 9.17) is 33.7 Å². The van der Waals surface area contributed by atoms with Crippen LogP contribution in [-0.4, -0.2) is 126 Å². The molecule has 652 valence electrons. The summed E-state index contributed by atoms with van der Waals surface area (Å²) in [6.45, 7) is 17.4. The van der Waals surface area contributed by atoms with E-state index in [1.807, 2.05) is 71.9 Å². The average Bonchev–Trinajstić information content (AvgIpc) is 1.56. The molecule has 6 aliphatic rings. The second-order valence-electron chi connectivity index (χ2n) is 32.2. The molecule has 0 radical (unpaired) electrons. The molecule has 6 aliphatic heterocycles. The number of nitro benzene ring substituents is 1. The van der Waals surface area contributed by atoms with E-state index in [-0.39, 0.29) is 161 Å². The van der Waals surface area contributed by atoms with Crippen molar-refractivity contribution in [2.75, 3.05) is 13.1 Å². The number of hydrogen-bond donors (Lipinski definition) is 9. The van der Waals surface area contributed by atoms with Crippen molar-refractivity contribution in [3.05, 3.63) is 263 Å². The van der Waals surface area contributed by atoms with Crippen molar-refractivity contribution in [3.63, 3.8) is 0 Å². The summed E-state index contributed by atoms with van der Waals surface area (Å²) in [5, 5.41) is 92.9. The number of amides is 1. The number of rotatable bonds is 14. The van der Waals surface area contributed by atoms with Gasteiger partial charge in [0, 0.05) is 76.9 Å². The lowest BCUT2D eigenvalue weighted by Crippen LogP contribution is -2.44. The van der Waals surface area contributed by atoms with Gasteiger partial charge in [0.1, 0.15) is 53.5 Å². The van der Waals surface area contributed by atoms with Gasteiger partial charge in [0.15, 0.2) is 22.9 Å². The predicted octanol–water partition coefficient (Wildman–Crippen LogP) is 12.2. The summed E-state index contributed by atoms with van der Waals surface area (Å²) < 4.78 is 32.8. The van der Waals surface area contributed by atoms with Crippen LogP contribution in [-0.2, 0) is 95.3 Å². The molecule has 0 bridgehead atoms. The normalized spacial score (nSPS) is 16.1. The Balaban J connectivity index is 0.000000150. The maximum Gasteiger partial charge on any atom is 0.519 e. The Bertz CT molecular complexity index is 7050. The number of aliphatic hydroxyl groups is 2. The number of cyclic esters (lactones) is 2. The van der Waals surface area contributed by atoms with Gasteiger partial charge >= 0.3 is 35.6 Å². The lowest BCUT2D eigenvalue weighted by Gasteiger charge is -2.31. The first-order valence-corrected chi connectivity index (χ1v) is 41.2. The number of halogens is 1. The lowest BCUT2D eigenvalue weighted by atomic mass is 9.86. The van der Waals surface area contributed by atoms with Crippen molar-refractivity contribution in [1.29, 1.82) is 0 Å². The molecule has 34 nitrogen and oxygen atoms in total. The second kappa shape index (κ2) is 33.5. The molecule has 0 saturated heterocycles. The van der Waals surface area contributed by atoms with Crippen LogP contribution in [0, 0.1) is 10.1 Å². The molecule has 0 fully saturated rings. The summed E-state index contributed by atoms with van der Waals surface area (Å²) in [4.78, 5) is 126. The van der Waals surface area contributed by atoms with Crippen LogP contribution in [0.1, 0.15) is 158 Å². The number of nitro groups is 1. The Morgan fingerprint density at radius 1 is 0.535 bits per heavy atom. The van der Waals surface area contributed by atoms with Gasteiger partial charge in [0.05, 0.1) is 85.5 Å². The average molecular weight is 1750 g/mol. The van der Waals surface area contributed by atoms with Crippen LogP contribution < -0.4 is 42.0 Å². The number of aryl methyl sites for hydroxylation is 2. The maximum atomic E-state index is 13.7. The number of benzene rings is 7. The molecule has 2 atom stereocenters. The molecule has 6 aromatic heterocycles. The van der Waals surface area contributed by atoms with Crippen LogP contribution in [0.15, 0.2) is 153 Å². The summed E-state index contributed by atoms with van der Waals surface area (Å²) in [6, 6.07) is 35.8. The van der Waals surface area contributed by atoms with E-state index in [1.54, 1.807) is 94.6 Å². The van der Waals surface area contributed by atoms with Crippen molar-refractivity contribution in [2.45, 2.75) is 156 Å². The number of nitrogens with zero attached hydrogens (tertiary/aromatic N) is 10. The van der Waals surface area contributed by atoms with Crippen LogP contribution >= 0.6 is 12.4 Å². The van der Waals surface area contributed by atoms with Crippen molar-refractivity contribution in [3.8, 4) is 97.2 Å². The molecule has 12 heterocycles. The predicted molar refractivity (Wildman–Crippen MR) is 464 cm³/mol. The highest BCUT2D eigenvalue weighted by Gasteiger charge is 2.48. The number of H-pyrrole nitrogens is 2. The van der Waals surface area contributed by atoms with E-state index in [1.165, 1.54) is 51.1 Å². The molecule has 0 saturated carbocycles. The molecular weight excluding hydrogens is 1660 g/mol. The Morgan fingerprint density at radius 2 is 0.992 bits per heavy atom. The number of hydrogen-bond acceptors (Lipinski definition) is 26. The highest BCUT2D eigenvalue weighted by Crippen LogP contribution is 2.46. The van der Waals surface area contributed by atoms with Crippen molar-refractivity contribution >= 4 is 64.1 Å². The molecule has 13 aromatic rings. The number of fused-ring (bicyclic) bond motifs is 12. The quantitative estimate of drug-likeness (QED) is 0.0211. The molecule has 127 heavy (non-hydrogen) atoms.